The van der Waals surface area contributed by atoms with E-state index in [2.05, 4.69) is 0 Å². The first-order valence-electron chi connectivity index (χ1n) is 12.4. The molecule has 2 heterocycles. The van der Waals surface area contributed by atoms with Gasteiger partial charge in [-0.1, -0.05) is 29.8 Å². The first-order chi connectivity index (χ1) is 18.5. The molecule has 2 bridgehead atoms. The van der Waals surface area contributed by atoms with E-state index in [1.807, 2.05) is 6.92 Å². The Balaban J connectivity index is 1.77. The Bertz CT molecular complexity index is 1230. The second-order valence-electron chi connectivity index (χ2n) is 9.31. The van der Waals surface area contributed by atoms with Crippen molar-refractivity contribution < 1.29 is 47.9 Å². The molecule has 11 heteroatoms. The molecule has 0 aromatic heterocycles. The number of aliphatic hydroxyl groups is 1. The Morgan fingerprint density at radius 1 is 1.05 bits per heavy atom. The third-order valence-electron chi connectivity index (χ3n) is 6.34. The summed E-state index contributed by atoms with van der Waals surface area (Å²) < 4.78 is 34.4. The van der Waals surface area contributed by atoms with E-state index < -0.39 is 47.6 Å². The van der Waals surface area contributed by atoms with E-state index >= 15 is 0 Å². The number of fused-ring (bicyclic) bond motifs is 2. The number of hydrogen-bond donors (Lipinski definition) is 1. The minimum Gasteiger partial charge on any atom is -0.494 e. The smallest absolute Gasteiger partial charge is 0.303 e. The highest BCUT2D eigenvalue weighted by Crippen LogP contribution is 2.52. The Labute approximate surface area is 231 Å². The molecule has 39 heavy (non-hydrogen) atoms. The van der Waals surface area contributed by atoms with Gasteiger partial charge in [-0.05, 0) is 36.8 Å². The third-order valence-corrected chi connectivity index (χ3v) is 6.69. The maximum atomic E-state index is 12.1. The van der Waals surface area contributed by atoms with E-state index in [1.165, 1.54) is 27.2 Å². The highest BCUT2D eigenvalue weighted by Gasteiger charge is 2.66. The summed E-state index contributed by atoms with van der Waals surface area (Å²) in [6.45, 7) is 5.72. The van der Waals surface area contributed by atoms with Gasteiger partial charge in [0, 0.05) is 43.3 Å². The van der Waals surface area contributed by atoms with Gasteiger partial charge in [0.25, 0.3) is 0 Å². The molecule has 209 valence electrons. The van der Waals surface area contributed by atoms with Crippen LogP contribution in [0.2, 0.25) is 5.02 Å². The Morgan fingerprint density at radius 2 is 1.74 bits per heavy atom. The molecule has 4 rings (SSSR count). The van der Waals surface area contributed by atoms with E-state index in [1.54, 1.807) is 42.5 Å². The van der Waals surface area contributed by atoms with Crippen LogP contribution in [0.5, 0.6) is 5.75 Å². The molecule has 10 nitrogen and oxygen atoms in total. The number of benzene rings is 2. The van der Waals surface area contributed by atoms with Gasteiger partial charge in [0.2, 0.25) is 5.79 Å². The first kappa shape index (κ1) is 28.8. The summed E-state index contributed by atoms with van der Waals surface area (Å²) >= 11 is 6.51. The summed E-state index contributed by atoms with van der Waals surface area (Å²) in [5.74, 6) is -2.96. The Kier molecular flexibility index (Phi) is 8.51. The SMILES string of the molecule is CCOc1ccc(C(O)c2cc([C@@]34OC[C@@](COC(C)=O)([CH][C@H](OC(C)=O)[C@H]3OC(C)=O)O4)ccc2Cl)cc1. The molecule has 2 saturated heterocycles. The predicted molar refractivity (Wildman–Crippen MR) is 137 cm³/mol. The highest BCUT2D eigenvalue weighted by atomic mass is 35.5. The van der Waals surface area contributed by atoms with Crippen LogP contribution in [0.4, 0.5) is 0 Å². The third kappa shape index (κ3) is 6.04. The average molecular weight is 562 g/mol. The van der Waals surface area contributed by atoms with Crippen molar-refractivity contribution in [3.8, 4) is 5.75 Å². The van der Waals surface area contributed by atoms with Gasteiger partial charge in [0.15, 0.2) is 12.2 Å². The standard InChI is InChI=1S/C28H30ClO10/c1-5-34-21-9-6-19(7-10-21)25(33)22-12-20(8-11-23(22)29)28-26(38-18(4)32)24(37-17(3)31)13-27(39-28,15-36-28)14-35-16(2)30/h6-13,24-26,33H,5,14-15H2,1-4H3/t24-,25?,26+,27-,28-/m0/s1. The van der Waals surface area contributed by atoms with Gasteiger partial charge in [0.05, 0.1) is 13.2 Å². The van der Waals surface area contributed by atoms with Gasteiger partial charge in [-0.25, -0.2) is 0 Å². The zero-order chi connectivity index (χ0) is 28.4. The van der Waals surface area contributed by atoms with E-state index in [-0.39, 0.29) is 18.2 Å². The first-order valence-corrected chi connectivity index (χ1v) is 12.7. The van der Waals surface area contributed by atoms with Crippen LogP contribution >= 0.6 is 11.6 Å². The fraction of sp³-hybridized carbons (Fsp3) is 0.429. The molecule has 1 unspecified atom stereocenters. The molecule has 0 saturated carbocycles. The second kappa shape index (κ2) is 11.5. The number of aliphatic hydroxyl groups excluding tert-OH is 1. The lowest BCUT2D eigenvalue weighted by Gasteiger charge is -2.45. The van der Waals surface area contributed by atoms with Gasteiger partial charge in [-0.3, -0.25) is 14.4 Å². The van der Waals surface area contributed by atoms with Gasteiger partial charge >= 0.3 is 17.9 Å². The zero-order valence-electron chi connectivity index (χ0n) is 22.0. The number of rotatable bonds is 9. The quantitative estimate of drug-likeness (QED) is 0.359. The minimum atomic E-state index is -1.78. The summed E-state index contributed by atoms with van der Waals surface area (Å²) in [6.07, 6.45) is -2.00. The molecule has 1 N–H and O–H groups in total. The second-order valence-corrected chi connectivity index (χ2v) is 9.72. The van der Waals surface area contributed by atoms with Crippen LogP contribution in [0.25, 0.3) is 0 Å². The minimum absolute atomic E-state index is 0.102. The molecule has 1 radical (unpaired) electrons. The molecule has 2 aliphatic heterocycles. The van der Waals surface area contributed by atoms with E-state index in [4.69, 9.17) is 40.0 Å². The van der Waals surface area contributed by atoms with E-state index in [9.17, 15) is 19.5 Å². The van der Waals surface area contributed by atoms with Crippen LogP contribution in [0, 0.1) is 6.42 Å². The molecular formula is C28H30ClO10. The maximum absolute atomic E-state index is 12.1. The van der Waals surface area contributed by atoms with Crippen LogP contribution in [0.3, 0.4) is 0 Å². The average Bonchev–Trinajstić information content (AvgIpc) is 3.21. The summed E-state index contributed by atoms with van der Waals surface area (Å²) in [5.41, 5.74) is -0.0833. The fourth-order valence-corrected chi connectivity index (χ4v) is 4.96. The fourth-order valence-electron chi connectivity index (χ4n) is 4.74. The molecule has 2 aromatic carbocycles. The molecule has 0 spiro atoms. The summed E-state index contributed by atoms with van der Waals surface area (Å²) in [4.78, 5) is 35.7. The maximum Gasteiger partial charge on any atom is 0.303 e. The van der Waals surface area contributed by atoms with E-state index in [0.29, 0.717) is 29.0 Å². The number of hydrogen-bond acceptors (Lipinski definition) is 10. The number of halogens is 1. The van der Waals surface area contributed by atoms with Crippen LogP contribution in [0.1, 0.15) is 50.5 Å². The summed E-state index contributed by atoms with van der Waals surface area (Å²) in [6, 6.07) is 11.7. The lowest BCUT2D eigenvalue weighted by atomic mass is 9.85. The van der Waals surface area contributed by atoms with Crippen molar-refractivity contribution in [2.24, 2.45) is 0 Å². The summed E-state index contributed by atoms with van der Waals surface area (Å²) in [7, 11) is 0. The van der Waals surface area contributed by atoms with Crippen molar-refractivity contribution in [1.82, 2.24) is 0 Å². The zero-order valence-corrected chi connectivity index (χ0v) is 22.7. The summed E-state index contributed by atoms with van der Waals surface area (Å²) in [5, 5.41) is 11.5. The van der Waals surface area contributed by atoms with Crippen LogP contribution in [-0.2, 0) is 43.9 Å². The van der Waals surface area contributed by atoms with Crippen molar-refractivity contribution in [1.29, 1.82) is 0 Å². The lowest BCUT2D eigenvalue weighted by Crippen LogP contribution is -2.60. The Hall–Kier alpha value is -3.18. The van der Waals surface area contributed by atoms with Crippen molar-refractivity contribution in [2.75, 3.05) is 19.8 Å². The van der Waals surface area contributed by atoms with Crippen molar-refractivity contribution >= 4 is 29.5 Å². The number of carbonyl (C=O) groups is 3. The number of ether oxygens (including phenoxy) is 6. The van der Waals surface area contributed by atoms with E-state index in [0.717, 1.165) is 0 Å². The van der Waals surface area contributed by atoms with Gasteiger partial charge in [0.1, 0.15) is 24.1 Å². The van der Waals surface area contributed by atoms with Gasteiger partial charge in [-0.2, -0.15) is 0 Å². The molecule has 5 atom stereocenters. The number of carbonyl (C=O) groups excluding carboxylic acids is 3. The highest BCUT2D eigenvalue weighted by molar-refractivity contribution is 6.31. The lowest BCUT2D eigenvalue weighted by molar-refractivity contribution is -0.293. The molecule has 2 fully saturated rings. The van der Waals surface area contributed by atoms with Crippen molar-refractivity contribution in [3.05, 3.63) is 70.6 Å². The predicted octanol–water partition coefficient (Wildman–Crippen LogP) is 3.40. The van der Waals surface area contributed by atoms with Crippen LogP contribution in [-0.4, -0.2) is 60.6 Å². The molecule has 0 amide bonds. The normalized spacial score (nSPS) is 26.4. The molecular weight excluding hydrogens is 532 g/mol. The Morgan fingerprint density at radius 3 is 2.36 bits per heavy atom. The van der Waals surface area contributed by atoms with Gasteiger partial charge in [-0.15, -0.1) is 0 Å². The monoisotopic (exact) mass is 561 g/mol. The van der Waals surface area contributed by atoms with Crippen molar-refractivity contribution in [3.63, 3.8) is 0 Å². The van der Waals surface area contributed by atoms with Crippen molar-refractivity contribution in [2.45, 2.75) is 57.4 Å². The molecule has 0 aliphatic carbocycles. The van der Waals surface area contributed by atoms with Crippen LogP contribution < -0.4 is 4.74 Å². The number of esters is 3. The van der Waals surface area contributed by atoms with Gasteiger partial charge < -0.3 is 33.5 Å². The molecule has 2 aromatic rings. The molecule has 2 aliphatic rings. The largest absolute Gasteiger partial charge is 0.494 e. The topological polar surface area (TPSA) is 127 Å². The van der Waals surface area contributed by atoms with Crippen LogP contribution in [0.15, 0.2) is 42.5 Å².